The number of aryl methyl sites for hydroxylation is 1. The molecule has 0 spiro atoms. The monoisotopic (exact) mass is 459 g/mol. The topological polar surface area (TPSA) is 37.7 Å². The number of likely N-dealkylation sites (tertiary alicyclic amines) is 1. The fourth-order valence-corrected chi connectivity index (χ4v) is 5.02. The standard InChI is InChI=1S/C23H30BrN3O2/c1-17-14-22(18(2)27(17)21-5-3-4-20(24)15-21)23(28)26-8-6-19(7-9-26)16-25-10-12-29-13-11-25/h3-5,14-15,19H,6-13,16H2,1-2H3. The number of benzene rings is 1. The molecule has 2 aromatic rings. The highest BCUT2D eigenvalue weighted by Crippen LogP contribution is 2.26. The summed E-state index contributed by atoms with van der Waals surface area (Å²) >= 11 is 3.55. The first kappa shape index (κ1) is 20.6. The highest BCUT2D eigenvalue weighted by Gasteiger charge is 2.27. The summed E-state index contributed by atoms with van der Waals surface area (Å²) < 4.78 is 8.66. The predicted octanol–water partition coefficient (Wildman–Crippen LogP) is 4.04. The number of morpholine rings is 1. The molecule has 2 saturated heterocycles. The molecule has 156 valence electrons. The summed E-state index contributed by atoms with van der Waals surface area (Å²) in [7, 11) is 0. The Bertz CT molecular complexity index is 865. The minimum absolute atomic E-state index is 0.171. The van der Waals surface area contributed by atoms with Crippen LogP contribution in [0.4, 0.5) is 0 Å². The molecule has 1 aromatic carbocycles. The van der Waals surface area contributed by atoms with E-state index in [0.29, 0.717) is 5.92 Å². The van der Waals surface area contributed by atoms with Gasteiger partial charge in [-0.15, -0.1) is 0 Å². The van der Waals surface area contributed by atoms with E-state index in [2.05, 4.69) is 44.5 Å². The Hall–Kier alpha value is -1.63. The number of ether oxygens (including phenoxy) is 1. The smallest absolute Gasteiger partial charge is 0.255 e. The van der Waals surface area contributed by atoms with E-state index in [4.69, 9.17) is 4.74 Å². The van der Waals surface area contributed by atoms with Crippen molar-refractivity contribution in [2.75, 3.05) is 45.9 Å². The number of aromatic nitrogens is 1. The van der Waals surface area contributed by atoms with Crippen LogP contribution in [0.5, 0.6) is 0 Å². The van der Waals surface area contributed by atoms with Crippen molar-refractivity contribution in [2.45, 2.75) is 26.7 Å². The Morgan fingerprint density at radius 1 is 1.10 bits per heavy atom. The van der Waals surface area contributed by atoms with Gasteiger partial charge in [0, 0.05) is 54.3 Å². The normalized spacial score (nSPS) is 18.9. The molecule has 6 heteroatoms. The number of piperidine rings is 1. The number of carbonyl (C=O) groups excluding carboxylic acids is 1. The number of halogens is 1. The average Bonchev–Trinajstić information content (AvgIpc) is 3.03. The van der Waals surface area contributed by atoms with Crippen molar-refractivity contribution < 1.29 is 9.53 Å². The van der Waals surface area contributed by atoms with Crippen LogP contribution in [0.2, 0.25) is 0 Å². The number of nitrogens with zero attached hydrogens (tertiary/aromatic N) is 3. The lowest BCUT2D eigenvalue weighted by atomic mass is 9.95. The van der Waals surface area contributed by atoms with E-state index in [-0.39, 0.29) is 5.91 Å². The Balaban J connectivity index is 1.42. The number of hydrogen-bond acceptors (Lipinski definition) is 3. The maximum atomic E-state index is 13.3. The van der Waals surface area contributed by atoms with E-state index in [1.807, 2.05) is 30.0 Å². The van der Waals surface area contributed by atoms with E-state index in [1.165, 1.54) is 0 Å². The summed E-state index contributed by atoms with van der Waals surface area (Å²) in [4.78, 5) is 17.8. The molecule has 1 aromatic heterocycles. The lowest BCUT2D eigenvalue weighted by Gasteiger charge is -2.36. The first-order valence-electron chi connectivity index (χ1n) is 10.6. The van der Waals surface area contributed by atoms with Gasteiger partial charge in [0.1, 0.15) is 0 Å². The molecule has 0 bridgehead atoms. The van der Waals surface area contributed by atoms with Crippen molar-refractivity contribution in [3.05, 3.63) is 51.8 Å². The van der Waals surface area contributed by atoms with Crippen LogP contribution in [0.1, 0.15) is 34.6 Å². The second-order valence-electron chi connectivity index (χ2n) is 8.25. The van der Waals surface area contributed by atoms with Crippen LogP contribution in [0.3, 0.4) is 0 Å². The van der Waals surface area contributed by atoms with Crippen molar-refractivity contribution in [1.29, 1.82) is 0 Å². The first-order chi connectivity index (χ1) is 14.0. The molecule has 0 saturated carbocycles. The molecule has 2 fully saturated rings. The molecular weight excluding hydrogens is 430 g/mol. The third-order valence-corrected chi connectivity index (χ3v) is 6.74. The second kappa shape index (κ2) is 9.02. The number of carbonyl (C=O) groups is 1. The fourth-order valence-electron chi connectivity index (χ4n) is 4.63. The minimum atomic E-state index is 0.171. The molecule has 4 rings (SSSR count). The Morgan fingerprint density at radius 2 is 1.83 bits per heavy atom. The summed E-state index contributed by atoms with van der Waals surface area (Å²) in [6.07, 6.45) is 2.18. The quantitative estimate of drug-likeness (QED) is 0.692. The van der Waals surface area contributed by atoms with Crippen molar-refractivity contribution in [3.8, 4) is 5.69 Å². The van der Waals surface area contributed by atoms with Gasteiger partial charge >= 0.3 is 0 Å². The SMILES string of the molecule is Cc1cc(C(=O)N2CCC(CN3CCOCC3)CC2)c(C)n1-c1cccc(Br)c1. The molecule has 5 nitrogen and oxygen atoms in total. The molecule has 0 atom stereocenters. The molecule has 29 heavy (non-hydrogen) atoms. The van der Waals surface area contributed by atoms with Crippen LogP contribution in [-0.2, 0) is 4.74 Å². The average molecular weight is 460 g/mol. The third kappa shape index (κ3) is 4.60. The van der Waals surface area contributed by atoms with E-state index in [0.717, 1.165) is 85.9 Å². The molecule has 2 aliphatic heterocycles. The number of amides is 1. The molecule has 0 radical (unpaired) electrons. The van der Waals surface area contributed by atoms with E-state index in [1.54, 1.807) is 0 Å². The van der Waals surface area contributed by atoms with Crippen molar-refractivity contribution >= 4 is 21.8 Å². The largest absolute Gasteiger partial charge is 0.379 e. The highest BCUT2D eigenvalue weighted by molar-refractivity contribution is 9.10. The van der Waals surface area contributed by atoms with Crippen molar-refractivity contribution in [3.63, 3.8) is 0 Å². The van der Waals surface area contributed by atoms with Gasteiger partial charge in [-0.3, -0.25) is 9.69 Å². The van der Waals surface area contributed by atoms with Crippen LogP contribution in [-0.4, -0.2) is 66.2 Å². The molecular formula is C23H30BrN3O2. The lowest BCUT2D eigenvalue weighted by Crippen LogP contribution is -2.44. The molecule has 3 heterocycles. The van der Waals surface area contributed by atoms with E-state index >= 15 is 0 Å². The van der Waals surface area contributed by atoms with Gasteiger partial charge in [0.2, 0.25) is 0 Å². The van der Waals surface area contributed by atoms with Crippen LogP contribution in [0.15, 0.2) is 34.8 Å². The number of rotatable bonds is 4. The molecule has 0 unspecified atom stereocenters. The third-order valence-electron chi connectivity index (χ3n) is 6.25. The molecule has 0 N–H and O–H groups in total. The van der Waals surface area contributed by atoms with Gasteiger partial charge in [0.05, 0.1) is 18.8 Å². The van der Waals surface area contributed by atoms with Crippen LogP contribution in [0.25, 0.3) is 5.69 Å². The van der Waals surface area contributed by atoms with Gasteiger partial charge in [0.25, 0.3) is 5.91 Å². The highest BCUT2D eigenvalue weighted by atomic mass is 79.9. The van der Waals surface area contributed by atoms with E-state index < -0.39 is 0 Å². The zero-order valence-electron chi connectivity index (χ0n) is 17.4. The van der Waals surface area contributed by atoms with Crippen LogP contribution < -0.4 is 0 Å². The molecule has 2 aliphatic rings. The van der Waals surface area contributed by atoms with Gasteiger partial charge in [-0.2, -0.15) is 0 Å². The van der Waals surface area contributed by atoms with Gasteiger partial charge in [0.15, 0.2) is 0 Å². The zero-order chi connectivity index (χ0) is 20.4. The minimum Gasteiger partial charge on any atom is -0.379 e. The summed E-state index contributed by atoms with van der Waals surface area (Å²) in [6.45, 7) is 10.8. The van der Waals surface area contributed by atoms with Crippen LogP contribution in [0, 0.1) is 19.8 Å². The fraction of sp³-hybridized carbons (Fsp3) is 0.522. The van der Waals surface area contributed by atoms with Gasteiger partial charge in [-0.1, -0.05) is 22.0 Å². The lowest BCUT2D eigenvalue weighted by molar-refractivity contribution is 0.0243. The van der Waals surface area contributed by atoms with E-state index in [9.17, 15) is 4.79 Å². The van der Waals surface area contributed by atoms with Crippen molar-refractivity contribution in [1.82, 2.24) is 14.4 Å². The Morgan fingerprint density at radius 3 is 2.52 bits per heavy atom. The zero-order valence-corrected chi connectivity index (χ0v) is 19.0. The van der Waals surface area contributed by atoms with Gasteiger partial charge in [-0.25, -0.2) is 0 Å². The second-order valence-corrected chi connectivity index (χ2v) is 9.16. The molecule has 1 amide bonds. The van der Waals surface area contributed by atoms with Gasteiger partial charge in [-0.05, 0) is 56.9 Å². The molecule has 0 aliphatic carbocycles. The predicted molar refractivity (Wildman–Crippen MR) is 119 cm³/mol. The van der Waals surface area contributed by atoms with Crippen LogP contribution >= 0.6 is 15.9 Å². The maximum absolute atomic E-state index is 13.3. The summed E-state index contributed by atoms with van der Waals surface area (Å²) in [6, 6.07) is 10.3. The Kier molecular flexibility index (Phi) is 6.42. The summed E-state index contributed by atoms with van der Waals surface area (Å²) in [5, 5.41) is 0. The van der Waals surface area contributed by atoms with Crippen molar-refractivity contribution in [2.24, 2.45) is 5.92 Å². The summed E-state index contributed by atoms with van der Waals surface area (Å²) in [5.74, 6) is 0.857. The summed E-state index contributed by atoms with van der Waals surface area (Å²) in [5.41, 5.74) is 4.01. The number of hydrogen-bond donors (Lipinski definition) is 0. The van der Waals surface area contributed by atoms with Gasteiger partial charge < -0.3 is 14.2 Å². The first-order valence-corrected chi connectivity index (χ1v) is 11.4. The maximum Gasteiger partial charge on any atom is 0.255 e. The Labute approximate surface area is 181 Å².